The molecule has 3 rings (SSSR count). The van der Waals surface area contributed by atoms with Crippen LogP contribution in [-0.4, -0.2) is 34.3 Å². The average molecular weight is 391 g/mol. The molecular formula is C18H23BrN4O. The molecule has 1 aromatic heterocycles. The number of nitrogens with one attached hydrogen (secondary N) is 1. The van der Waals surface area contributed by atoms with Gasteiger partial charge in [-0.25, -0.2) is 4.98 Å². The molecule has 0 aliphatic carbocycles. The first-order valence-corrected chi connectivity index (χ1v) is 9.09. The molecule has 6 heteroatoms. The Hall–Kier alpha value is -1.66. The Morgan fingerprint density at radius 3 is 2.88 bits per heavy atom. The summed E-state index contributed by atoms with van der Waals surface area (Å²) in [6, 6.07) is 8.37. The van der Waals surface area contributed by atoms with Gasteiger partial charge in [-0.05, 0) is 41.7 Å². The number of halogens is 1. The largest absolute Gasteiger partial charge is 0.394 e. The lowest BCUT2D eigenvalue weighted by atomic mass is 10.00. The van der Waals surface area contributed by atoms with Crippen LogP contribution in [0.2, 0.25) is 0 Å². The lowest BCUT2D eigenvalue weighted by molar-refractivity contribution is 0.248. The van der Waals surface area contributed by atoms with E-state index in [-0.39, 0.29) is 12.6 Å². The van der Waals surface area contributed by atoms with E-state index in [4.69, 9.17) is 0 Å². The average Bonchev–Trinajstić information content (AvgIpc) is 2.59. The molecule has 2 aromatic rings. The van der Waals surface area contributed by atoms with Crippen LogP contribution < -0.4 is 10.2 Å². The third-order valence-corrected chi connectivity index (χ3v) is 4.95. The predicted octanol–water partition coefficient (Wildman–Crippen LogP) is 3.23. The summed E-state index contributed by atoms with van der Waals surface area (Å²) in [6.45, 7) is 5.99. The number of fused-ring (bicyclic) bond motifs is 1. The minimum atomic E-state index is -0.0433. The molecule has 0 unspecified atom stereocenters. The van der Waals surface area contributed by atoms with Gasteiger partial charge in [0, 0.05) is 23.8 Å². The lowest BCUT2D eigenvalue weighted by Crippen LogP contribution is -2.32. The van der Waals surface area contributed by atoms with E-state index in [1.165, 1.54) is 11.1 Å². The third-order valence-electron chi connectivity index (χ3n) is 4.46. The predicted molar refractivity (Wildman–Crippen MR) is 100 cm³/mol. The molecule has 24 heavy (non-hydrogen) atoms. The summed E-state index contributed by atoms with van der Waals surface area (Å²) in [5, 5.41) is 12.7. The van der Waals surface area contributed by atoms with Crippen molar-refractivity contribution in [2.45, 2.75) is 32.9 Å². The van der Waals surface area contributed by atoms with Crippen molar-refractivity contribution in [1.29, 1.82) is 0 Å². The highest BCUT2D eigenvalue weighted by Crippen LogP contribution is 2.26. The summed E-state index contributed by atoms with van der Waals surface area (Å²) in [4.78, 5) is 11.2. The SMILES string of the molecule is CC(C)[C@H](CO)Nc1nccc(N2CCc3ccc(Br)cc3C2)n1. The van der Waals surface area contributed by atoms with Crippen LogP contribution in [0.1, 0.15) is 25.0 Å². The fourth-order valence-corrected chi connectivity index (χ4v) is 3.31. The van der Waals surface area contributed by atoms with E-state index in [0.29, 0.717) is 11.9 Å². The Kier molecular flexibility index (Phi) is 5.36. The van der Waals surface area contributed by atoms with Gasteiger partial charge in [0.1, 0.15) is 5.82 Å². The second-order valence-corrected chi connectivity index (χ2v) is 7.42. The van der Waals surface area contributed by atoms with Crippen LogP contribution in [0.4, 0.5) is 11.8 Å². The van der Waals surface area contributed by atoms with Crippen molar-refractivity contribution in [3.8, 4) is 0 Å². The molecule has 0 radical (unpaired) electrons. The van der Waals surface area contributed by atoms with Gasteiger partial charge in [-0.15, -0.1) is 0 Å². The highest BCUT2D eigenvalue weighted by molar-refractivity contribution is 9.10. The first-order valence-electron chi connectivity index (χ1n) is 8.29. The second-order valence-electron chi connectivity index (χ2n) is 6.50. The molecule has 5 nitrogen and oxygen atoms in total. The highest BCUT2D eigenvalue weighted by atomic mass is 79.9. The van der Waals surface area contributed by atoms with Crippen LogP contribution in [0.15, 0.2) is 34.9 Å². The van der Waals surface area contributed by atoms with Crippen LogP contribution in [0.3, 0.4) is 0 Å². The Balaban J connectivity index is 1.77. The van der Waals surface area contributed by atoms with Crippen molar-refractivity contribution < 1.29 is 5.11 Å². The molecule has 0 saturated heterocycles. The monoisotopic (exact) mass is 390 g/mol. The Morgan fingerprint density at radius 1 is 1.29 bits per heavy atom. The number of hydrogen-bond acceptors (Lipinski definition) is 5. The summed E-state index contributed by atoms with van der Waals surface area (Å²) < 4.78 is 1.11. The number of rotatable bonds is 5. The van der Waals surface area contributed by atoms with E-state index in [1.807, 2.05) is 6.07 Å². The molecule has 1 aliphatic heterocycles. The number of nitrogens with zero attached hydrogens (tertiary/aromatic N) is 3. The molecule has 0 spiro atoms. The molecule has 2 heterocycles. The first kappa shape index (κ1) is 17.2. The van der Waals surface area contributed by atoms with E-state index in [0.717, 1.165) is 29.8 Å². The van der Waals surface area contributed by atoms with Gasteiger partial charge in [0.25, 0.3) is 0 Å². The molecule has 0 fully saturated rings. The normalized spacial score (nSPS) is 15.3. The summed E-state index contributed by atoms with van der Waals surface area (Å²) >= 11 is 3.55. The zero-order valence-electron chi connectivity index (χ0n) is 14.0. The van der Waals surface area contributed by atoms with Crippen molar-refractivity contribution in [2.24, 2.45) is 5.92 Å². The minimum absolute atomic E-state index is 0.0433. The van der Waals surface area contributed by atoms with Crippen molar-refractivity contribution in [2.75, 3.05) is 23.4 Å². The number of aliphatic hydroxyl groups is 1. The molecule has 128 valence electrons. The number of benzene rings is 1. The topological polar surface area (TPSA) is 61.3 Å². The van der Waals surface area contributed by atoms with Crippen molar-refractivity contribution in [1.82, 2.24) is 9.97 Å². The minimum Gasteiger partial charge on any atom is -0.394 e. The van der Waals surface area contributed by atoms with Gasteiger partial charge >= 0.3 is 0 Å². The van der Waals surface area contributed by atoms with Gasteiger partial charge in [-0.3, -0.25) is 0 Å². The Morgan fingerprint density at radius 2 is 2.12 bits per heavy atom. The fourth-order valence-electron chi connectivity index (χ4n) is 2.91. The fraction of sp³-hybridized carbons (Fsp3) is 0.444. The van der Waals surface area contributed by atoms with E-state index in [2.05, 4.69) is 68.2 Å². The number of aromatic nitrogens is 2. The van der Waals surface area contributed by atoms with Gasteiger partial charge in [0.2, 0.25) is 5.95 Å². The van der Waals surface area contributed by atoms with Crippen molar-refractivity contribution >= 4 is 27.7 Å². The smallest absolute Gasteiger partial charge is 0.224 e. The highest BCUT2D eigenvalue weighted by Gasteiger charge is 2.19. The second kappa shape index (κ2) is 7.49. The maximum Gasteiger partial charge on any atom is 0.224 e. The van der Waals surface area contributed by atoms with Gasteiger partial charge in [-0.1, -0.05) is 35.8 Å². The zero-order valence-corrected chi connectivity index (χ0v) is 15.6. The van der Waals surface area contributed by atoms with Crippen LogP contribution in [-0.2, 0) is 13.0 Å². The van der Waals surface area contributed by atoms with E-state index >= 15 is 0 Å². The van der Waals surface area contributed by atoms with E-state index in [9.17, 15) is 5.11 Å². The van der Waals surface area contributed by atoms with Crippen LogP contribution >= 0.6 is 15.9 Å². The van der Waals surface area contributed by atoms with Gasteiger partial charge < -0.3 is 15.3 Å². The van der Waals surface area contributed by atoms with Crippen LogP contribution in [0.25, 0.3) is 0 Å². The molecule has 0 bridgehead atoms. The van der Waals surface area contributed by atoms with Crippen LogP contribution in [0.5, 0.6) is 0 Å². The Labute approximate surface area is 151 Å². The van der Waals surface area contributed by atoms with Gasteiger partial charge in [-0.2, -0.15) is 4.98 Å². The van der Waals surface area contributed by atoms with E-state index in [1.54, 1.807) is 6.20 Å². The van der Waals surface area contributed by atoms with Crippen LogP contribution in [0, 0.1) is 5.92 Å². The summed E-state index contributed by atoms with van der Waals surface area (Å²) in [7, 11) is 0. The molecule has 1 aromatic carbocycles. The van der Waals surface area contributed by atoms with Crippen molar-refractivity contribution in [3.63, 3.8) is 0 Å². The van der Waals surface area contributed by atoms with Gasteiger partial charge in [0.05, 0.1) is 12.6 Å². The lowest BCUT2D eigenvalue weighted by Gasteiger charge is -2.30. The summed E-state index contributed by atoms with van der Waals surface area (Å²) in [5.41, 5.74) is 2.74. The van der Waals surface area contributed by atoms with Crippen molar-refractivity contribution in [3.05, 3.63) is 46.1 Å². The molecule has 2 N–H and O–H groups in total. The first-order chi connectivity index (χ1) is 11.6. The Bertz CT molecular complexity index is 707. The number of hydrogen-bond donors (Lipinski definition) is 2. The number of aliphatic hydroxyl groups excluding tert-OH is 1. The van der Waals surface area contributed by atoms with E-state index < -0.39 is 0 Å². The summed E-state index contributed by atoms with van der Waals surface area (Å²) in [5.74, 6) is 1.79. The summed E-state index contributed by atoms with van der Waals surface area (Å²) in [6.07, 6.45) is 2.79. The molecular weight excluding hydrogens is 368 g/mol. The quantitative estimate of drug-likeness (QED) is 0.820. The molecule has 0 amide bonds. The number of anilines is 2. The standard InChI is InChI=1S/C18H23BrN4O/c1-12(2)16(11-24)21-18-20-7-5-17(22-18)23-8-6-13-3-4-15(19)9-14(13)10-23/h3-5,7,9,12,16,24H,6,8,10-11H2,1-2H3,(H,20,21,22)/t16-/m0/s1. The zero-order chi connectivity index (χ0) is 17.1. The molecule has 0 saturated carbocycles. The maximum absolute atomic E-state index is 9.48. The van der Waals surface area contributed by atoms with Gasteiger partial charge in [0.15, 0.2) is 0 Å². The third kappa shape index (κ3) is 3.87. The molecule has 1 aliphatic rings. The maximum atomic E-state index is 9.48. The molecule has 1 atom stereocenters.